The average molecular weight is 274 g/mol. The zero-order chi connectivity index (χ0) is 14.3. The lowest BCUT2D eigenvalue weighted by Gasteiger charge is -2.34. The van der Waals surface area contributed by atoms with E-state index in [9.17, 15) is 4.79 Å². The van der Waals surface area contributed by atoms with Crippen molar-refractivity contribution in [2.24, 2.45) is 5.41 Å². The molecular formula is C15H22N4O. The Balaban J connectivity index is 1.87. The van der Waals surface area contributed by atoms with Crippen LogP contribution in [0.2, 0.25) is 0 Å². The van der Waals surface area contributed by atoms with Gasteiger partial charge in [-0.25, -0.2) is 9.97 Å². The summed E-state index contributed by atoms with van der Waals surface area (Å²) in [6.45, 7) is 8.23. The molecule has 1 aromatic rings. The molecule has 0 N–H and O–H groups in total. The molecule has 0 amide bonds. The van der Waals surface area contributed by atoms with Gasteiger partial charge in [0, 0.05) is 38.8 Å². The van der Waals surface area contributed by atoms with Crippen molar-refractivity contribution in [2.45, 2.75) is 26.7 Å². The molecule has 108 valence electrons. The minimum atomic E-state index is 0.0117. The molecule has 0 unspecified atom stereocenters. The summed E-state index contributed by atoms with van der Waals surface area (Å²) in [7, 11) is 2.13. The Labute approximate surface area is 120 Å². The summed E-state index contributed by atoms with van der Waals surface area (Å²) in [5.41, 5.74) is 1.66. The molecule has 1 aromatic heterocycles. The third kappa shape index (κ3) is 2.54. The largest absolute Gasteiger partial charge is 0.338 e. The first-order chi connectivity index (χ1) is 9.44. The molecule has 0 radical (unpaired) electrons. The summed E-state index contributed by atoms with van der Waals surface area (Å²) in [6.07, 6.45) is 3.18. The van der Waals surface area contributed by atoms with Crippen LogP contribution in [0.5, 0.6) is 0 Å². The second-order valence-corrected chi connectivity index (χ2v) is 6.76. The number of piperazine rings is 1. The first-order valence-corrected chi connectivity index (χ1v) is 7.27. The van der Waals surface area contributed by atoms with E-state index in [0.29, 0.717) is 6.42 Å². The maximum Gasteiger partial charge on any atom is 0.225 e. The maximum atomic E-state index is 12.1. The van der Waals surface area contributed by atoms with Gasteiger partial charge in [0.1, 0.15) is 0 Å². The van der Waals surface area contributed by atoms with Gasteiger partial charge in [0.2, 0.25) is 5.95 Å². The van der Waals surface area contributed by atoms with Crippen LogP contribution in [0, 0.1) is 5.41 Å². The fourth-order valence-corrected chi connectivity index (χ4v) is 2.98. The van der Waals surface area contributed by atoms with E-state index < -0.39 is 0 Å². The van der Waals surface area contributed by atoms with Crippen LogP contribution in [0.25, 0.3) is 0 Å². The molecule has 0 atom stereocenters. The van der Waals surface area contributed by atoms with Crippen molar-refractivity contribution in [3.05, 3.63) is 17.5 Å². The highest BCUT2D eigenvalue weighted by Crippen LogP contribution is 2.34. The van der Waals surface area contributed by atoms with Crippen LogP contribution in [0.1, 0.15) is 36.3 Å². The lowest BCUT2D eigenvalue weighted by molar-refractivity contribution is 0.0909. The van der Waals surface area contributed by atoms with Crippen LogP contribution >= 0.6 is 0 Å². The predicted octanol–water partition coefficient (Wildman–Crippen LogP) is 1.38. The van der Waals surface area contributed by atoms with Crippen molar-refractivity contribution in [1.29, 1.82) is 0 Å². The van der Waals surface area contributed by atoms with Crippen molar-refractivity contribution in [1.82, 2.24) is 14.9 Å². The molecule has 2 aliphatic rings. The van der Waals surface area contributed by atoms with Gasteiger partial charge >= 0.3 is 0 Å². The van der Waals surface area contributed by atoms with E-state index in [-0.39, 0.29) is 11.2 Å². The average Bonchev–Trinajstić information content (AvgIpc) is 2.37. The quantitative estimate of drug-likeness (QED) is 0.774. The summed E-state index contributed by atoms with van der Waals surface area (Å²) in [4.78, 5) is 25.8. The highest BCUT2D eigenvalue weighted by atomic mass is 16.1. The fourth-order valence-electron chi connectivity index (χ4n) is 2.98. The molecule has 1 aliphatic carbocycles. The summed E-state index contributed by atoms with van der Waals surface area (Å²) in [5, 5.41) is 0. The SMILES string of the molecule is CN1CCN(c2ncc3c(n2)CC(C)(C)CC3=O)CC1. The number of carbonyl (C=O) groups excluding carboxylic acids is 1. The standard InChI is InChI=1S/C15H22N4O/c1-15(2)8-12-11(13(20)9-15)10-16-14(17-12)19-6-4-18(3)5-7-19/h10H,4-9H2,1-3H3. The maximum absolute atomic E-state index is 12.1. The van der Waals surface area contributed by atoms with Gasteiger partial charge in [0.25, 0.3) is 0 Å². The number of hydrogen-bond donors (Lipinski definition) is 0. The summed E-state index contributed by atoms with van der Waals surface area (Å²) < 4.78 is 0. The van der Waals surface area contributed by atoms with Crippen LogP contribution in [-0.2, 0) is 6.42 Å². The van der Waals surface area contributed by atoms with Crippen molar-refractivity contribution in [3.8, 4) is 0 Å². The van der Waals surface area contributed by atoms with Gasteiger partial charge in [-0.2, -0.15) is 0 Å². The molecule has 3 rings (SSSR count). The van der Waals surface area contributed by atoms with E-state index in [1.165, 1.54) is 0 Å². The Morgan fingerprint density at radius 1 is 1.15 bits per heavy atom. The van der Waals surface area contributed by atoms with Crippen molar-refractivity contribution in [3.63, 3.8) is 0 Å². The van der Waals surface area contributed by atoms with Gasteiger partial charge < -0.3 is 9.80 Å². The van der Waals surface area contributed by atoms with E-state index in [0.717, 1.165) is 49.8 Å². The molecule has 1 saturated heterocycles. The number of aromatic nitrogens is 2. The van der Waals surface area contributed by atoms with E-state index in [2.05, 4.69) is 40.7 Å². The molecule has 0 saturated carbocycles. The smallest absolute Gasteiger partial charge is 0.225 e. The van der Waals surface area contributed by atoms with Crippen LogP contribution in [0.3, 0.4) is 0 Å². The minimum absolute atomic E-state index is 0.0117. The zero-order valence-electron chi connectivity index (χ0n) is 12.5. The Hall–Kier alpha value is -1.49. The highest BCUT2D eigenvalue weighted by molar-refractivity contribution is 5.98. The molecule has 1 fully saturated rings. The molecule has 0 aromatic carbocycles. The number of rotatable bonds is 1. The van der Waals surface area contributed by atoms with Gasteiger partial charge in [-0.05, 0) is 18.9 Å². The predicted molar refractivity (Wildman–Crippen MR) is 78.2 cm³/mol. The lowest BCUT2D eigenvalue weighted by atomic mass is 9.76. The first kappa shape index (κ1) is 13.5. The zero-order valence-corrected chi connectivity index (χ0v) is 12.5. The van der Waals surface area contributed by atoms with Gasteiger partial charge in [0.15, 0.2) is 5.78 Å². The number of ketones is 1. The van der Waals surface area contributed by atoms with Crippen LogP contribution in [0.4, 0.5) is 5.95 Å². The Morgan fingerprint density at radius 3 is 2.55 bits per heavy atom. The van der Waals surface area contributed by atoms with E-state index in [4.69, 9.17) is 0 Å². The van der Waals surface area contributed by atoms with Gasteiger partial charge in [0.05, 0.1) is 11.3 Å². The number of likely N-dealkylation sites (N-methyl/N-ethyl adjacent to an activating group) is 1. The number of Topliss-reactive ketones (excluding diaryl/α,β-unsaturated/α-hetero) is 1. The van der Waals surface area contributed by atoms with Crippen LogP contribution in [-0.4, -0.2) is 53.9 Å². The first-order valence-electron chi connectivity index (χ1n) is 7.27. The number of fused-ring (bicyclic) bond motifs is 1. The second kappa shape index (κ2) is 4.81. The Bertz CT molecular complexity index is 533. The number of hydrogen-bond acceptors (Lipinski definition) is 5. The van der Waals surface area contributed by atoms with Gasteiger partial charge in [-0.3, -0.25) is 4.79 Å². The van der Waals surface area contributed by atoms with Gasteiger partial charge in [-0.15, -0.1) is 0 Å². The third-order valence-corrected chi connectivity index (χ3v) is 4.23. The summed E-state index contributed by atoms with van der Waals surface area (Å²) in [5.74, 6) is 0.962. The van der Waals surface area contributed by atoms with E-state index in [1.54, 1.807) is 6.20 Å². The topological polar surface area (TPSA) is 49.3 Å². The van der Waals surface area contributed by atoms with Gasteiger partial charge in [-0.1, -0.05) is 13.8 Å². The van der Waals surface area contributed by atoms with Crippen molar-refractivity contribution >= 4 is 11.7 Å². The fraction of sp³-hybridized carbons (Fsp3) is 0.667. The Kier molecular flexibility index (Phi) is 3.24. The molecule has 0 spiro atoms. The number of nitrogens with zero attached hydrogens (tertiary/aromatic N) is 4. The molecule has 0 bridgehead atoms. The second-order valence-electron chi connectivity index (χ2n) is 6.76. The monoisotopic (exact) mass is 274 g/mol. The minimum Gasteiger partial charge on any atom is -0.338 e. The van der Waals surface area contributed by atoms with Crippen molar-refractivity contribution in [2.75, 3.05) is 38.1 Å². The van der Waals surface area contributed by atoms with Crippen LogP contribution in [0.15, 0.2) is 6.20 Å². The molecule has 2 heterocycles. The molecule has 5 heteroatoms. The summed E-state index contributed by atoms with van der Waals surface area (Å²) in [6, 6.07) is 0. The molecular weight excluding hydrogens is 252 g/mol. The molecule has 20 heavy (non-hydrogen) atoms. The summed E-state index contributed by atoms with van der Waals surface area (Å²) >= 11 is 0. The van der Waals surface area contributed by atoms with E-state index in [1.807, 2.05) is 0 Å². The Morgan fingerprint density at radius 2 is 1.85 bits per heavy atom. The molecule has 1 aliphatic heterocycles. The highest BCUT2D eigenvalue weighted by Gasteiger charge is 2.32. The normalized spacial score (nSPS) is 22.8. The molecule has 5 nitrogen and oxygen atoms in total. The lowest BCUT2D eigenvalue weighted by Crippen LogP contribution is -2.45. The van der Waals surface area contributed by atoms with Crippen LogP contribution < -0.4 is 4.90 Å². The number of carbonyl (C=O) groups is 1. The van der Waals surface area contributed by atoms with Crippen molar-refractivity contribution < 1.29 is 4.79 Å². The van der Waals surface area contributed by atoms with E-state index >= 15 is 0 Å². The number of anilines is 1. The third-order valence-electron chi connectivity index (χ3n) is 4.23.